The summed E-state index contributed by atoms with van der Waals surface area (Å²) in [5.41, 5.74) is 7.15. The van der Waals surface area contributed by atoms with Gasteiger partial charge in [0.25, 0.3) is 0 Å². The van der Waals surface area contributed by atoms with Gasteiger partial charge in [0, 0.05) is 11.3 Å². The Morgan fingerprint density at radius 3 is 2.57 bits per heavy atom. The molecule has 0 saturated heterocycles. The van der Waals surface area contributed by atoms with Crippen molar-refractivity contribution in [3.05, 3.63) is 11.1 Å². The Morgan fingerprint density at radius 2 is 2.14 bits per heavy atom. The zero-order valence-corrected chi connectivity index (χ0v) is 13.0. The van der Waals surface area contributed by atoms with Gasteiger partial charge in [-0.2, -0.15) is 0 Å². The van der Waals surface area contributed by atoms with E-state index in [2.05, 4.69) is 10.4 Å². The van der Waals surface area contributed by atoms with Gasteiger partial charge in [-0.05, 0) is 31.6 Å². The van der Waals surface area contributed by atoms with Crippen LogP contribution in [0.2, 0.25) is 0 Å². The second-order valence-corrected chi connectivity index (χ2v) is 6.32. The summed E-state index contributed by atoms with van der Waals surface area (Å²) in [5, 5.41) is 12.8. The number of carboxylic acids is 1. The van der Waals surface area contributed by atoms with Gasteiger partial charge in [-0.25, -0.2) is 10.8 Å². The smallest absolute Gasteiger partial charge is 0.246 e. The monoisotopic (exact) mass is 313 g/mol. The molecular weight excluding hydrogens is 292 g/mol. The number of rotatable bonds is 8. The molecule has 5 N–H and O–H groups in total. The molecule has 7 nitrogen and oxygen atoms in total. The Morgan fingerprint density at radius 1 is 1.48 bits per heavy atom. The molecule has 1 rings (SSSR count). The molecule has 0 radical (unpaired) electrons. The first kappa shape index (κ1) is 17.4. The van der Waals surface area contributed by atoms with E-state index in [0.717, 1.165) is 6.42 Å². The first-order valence-corrected chi connectivity index (χ1v) is 7.62. The number of carboxylic acid groups (broad SMARTS) is 1. The Labute approximate surface area is 127 Å². The minimum Gasteiger partial charge on any atom is -0.550 e. The lowest BCUT2D eigenvalue weighted by atomic mass is 9.74. The fourth-order valence-electron chi connectivity index (χ4n) is 2.22. The molecule has 0 saturated carbocycles. The SMILES string of the molecule is CC(C)CC[C@@](CCC(=O)[O-])(C(=O)NN)c1csc(N)n1. The van der Waals surface area contributed by atoms with Crippen LogP contribution in [0.5, 0.6) is 0 Å². The predicted molar refractivity (Wildman–Crippen MR) is 78.8 cm³/mol. The zero-order chi connectivity index (χ0) is 16.0. The van der Waals surface area contributed by atoms with Crippen molar-refractivity contribution >= 4 is 28.3 Å². The summed E-state index contributed by atoms with van der Waals surface area (Å²) < 4.78 is 0. The van der Waals surface area contributed by atoms with Crippen molar-refractivity contribution in [3.63, 3.8) is 0 Å². The molecule has 118 valence electrons. The third-order valence-corrected chi connectivity index (χ3v) is 4.16. The summed E-state index contributed by atoms with van der Waals surface area (Å²) in [6, 6.07) is 0. The van der Waals surface area contributed by atoms with E-state index >= 15 is 0 Å². The summed E-state index contributed by atoms with van der Waals surface area (Å²) in [5.74, 6) is 3.99. The molecule has 1 amide bonds. The Kier molecular flexibility index (Phi) is 6.10. The molecule has 0 unspecified atom stereocenters. The molecule has 0 spiro atoms. The molecule has 0 aromatic carbocycles. The number of aliphatic carboxylic acids is 1. The zero-order valence-electron chi connectivity index (χ0n) is 12.2. The summed E-state index contributed by atoms with van der Waals surface area (Å²) in [6.07, 6.45) is 1.01. The molecule has 1 atom stereocenters. The average molecular weight is 313 g/mol. The highest BCUT2D eigenvalue weighted by Gasteiger charge is 2.41. The van der Waals surface area contributed by atoms with E-state index in [1.54, 1.807) is 5.38 Å². The van der Waals surface area contributed by atoms with Crippen LogP contribution in [0.25, 0.3) is 0 Å². The van der Waals surface area contributed by atoms with Crippen LogP contribution in [-0.4, -0.2) is 16.9 Å². The minimum atomic E-state index is -1.21. The molecule has 0 aliphatic carbocycles. The number of aromatic nitrogens is 1. The number of hydrazine groups is 1. The van der Waals surface area contributed by atoms with Crippen LogP contribution < -0.4 is 22.1 Å². The number of nitrogens with one attached hydrogen (secondary N) is 1. The molecule has 1 aromatic heterocycles. The van der Waals surface area contributed by atoms with Crippen molar-refractivity contribution in [1.29, 1.82) is 0 Å². The van der Waals surface area contributed by atoms with Gasteiger partial charge in [0.05, 0.1) is 11.1 Å². The van der Waals surface area contributed by atoms with E-state index in [-0.39, 0.29) is 12.8 Å². The van der Waals surface area contributed by atoms with Gasteiger partial charge in [0.15, 0.2) is 5.13 Å². The number of amides is 1. The molecule has 21 heavy (non-hydrogen) atoms. The van der Waals surface area contributed by atoms with Gasteiger partial charge in [-0.3, -0.25) is 10.2 Å². The number of thiazole rings is 1. The number of hydrogen-bond acceptors (Lipinski definition) is 7. The number of anilines is 1. The number of hydrogen-bond donors (Lipinski definition) is 3. The third kappa shape index (κ3) is 4.40. The van der Waals surface area contributed by atoms with Crippen LogP contribution in [0, 0.1) is 5.92 Å². The van der Waals surface area contributed by atoms with Crippen molar-refractivity contribution in [1.82, 2.24) is 10.4 Å². The van der Waals surface area contributed by atoms with Gasteiger partial charge in [-0.15, -0.1) is 11.3 Å². The van der Waals surface area contributed by atoms with Crippen molar-refractivity contribution < 1.29 is 14.7 Å². The van der Waals surface area contributed by atoms with E-state index in [0.29, 0.717) is 23.2 Å². The number of nitrogens with two attached hydrogens (primary N) is 2. The second kappa shape index (κ2) is 7.37. The van der Waals surface area contributed by atoms with Crippen molar-refractivity contribution in [2.75, 3.05) is 5.73 Å². The van der Waals surface area contributed by atoms with Crippen molar-refractivity contribution in [3.8, 4) is 0 Å². The van der Waals surface area contributed by atoms with Gasteiger partial charge in [-0.1, -0.05) is 13.8 Å². The fraction of sp³-hybridized carbons (Fsp3) is 0.615. The molecule has 0 aliphatic rings. The third-order valence-electron chi connectivity index (χ3n) is 3.48. The van der Waals surface area contributed by atoms with E-state index in [9.17, 15) is 14.7 Å². The first-order chi connectivity index (χ1) is 9.81. The van der Waals surface area contributed by atoms with Gasteiger partial charge >= 0.3 is 0 Å². The Hall–Kier alpha value is -1.67. The summed E-state index contributed by atoms with van der Waals surface area (Å²) in [6.45, 7) is 4.05. The van der Waals surface area contributed by atoms with E-state index < -0.39 is 17.3 Å². The highest BCUT2D eigenvalue weighted by atomic mass is 32.1. The van der Waals surface area contributed by atoms with Crippen molar-refractivity contribution in [2.45, 2.75) is 44.9 Å². The largest absolute Gasteiger partial charge is 0.550 e. The van der Waals surface area contributed by atoms with Gasteiger partial charge in [0.1, 0.15) is 0 Å². The second-order valence-electron chi connectivity index (χ2n) is 5.43. The van der Waals surface area contributed by atoms with Crippen LogP contribution in [0.3, 0.4) is 0 Å². The van der Waals surface area contributed by atoms with E-state index in [4.69, 9.17) is 11.6 Å². The van der Waals surface area contributed by atoms with Gasteiger partial charge in [0.2, 0.25) is 5.91 Å². The summed E-state index contributed by atoms with van der Waals surface area (Å²) >= 11 is 1.21. The van der Waals surface area contributed by atoms with Crippen LogP contribution in [0.15, 0.2) is 5.38 Å². The number of carbonyl (C=O) groups is 2. The quantitative estimate of drug-likeness (QED) is 0.349. The summed E-state index contributed by atoms with van der Waals surface area (Å²) in [7, 11) is 0. The molecule has 0 bridgehead atoms. The molecule has 8 heteroatoms. The van der Waals surface area contributed by atoms with Crippen LogP contribution >= 0.6 is 11.3 Å². The molecular formula is C13H21N4O3S-. The molecule has 1 aromatic rings. The maximum absolute atomic E-state index is 12.3. The average Bonchev–Trinajstić information content (AvgIpc) is 2.85. The first-order valence-electron chi connectivity index (χ1n) is 6.74. The van der Waals surface area contributed by atoms with E-state index in [1.165, 1.54) is 11.3 Å². The lowest BCUT2D eigenvalue weighted by Gasteiger charge is -2.31. The highest BCUT2D eigenvalue weighted by molar-refractivity contribution is 7.13. The summed E-state index contributed by atoms with van der Waals surface area (Å²) in [4.78, 5) is 27.3. The lowest BCUT2D eigenvalue weighted by Crippen LogP contribution is -2.48. The maximum Gasteiger partial charge on any atom is 0.246 e. The molecule has 0 fully saturated rings. The minimum absolute atomic E-state index is 0.0776. The van der Waals surface area contributed by atoms with E-state index in [1.807, 2.05) is 13.8 Å². The standard InChI is InChI=1S/C13H22N4O3S/c1-8(2)3-5-13(11(20)17-15,6-4-10(18)19)9-7-21-12(14)16-9/h7-8H,3-6,15H2,1-2H3,(H2,14,16)(H,17,20)(H,18,19)/p-1/t13-/m0/s1. The highest BCUT2D eigenvalue weighted by Crippen LogP contribution is 2.36. The Balaban J connectivity index is 3.18. The fourth-order valence-corrected chi connectivity index (χ4v) is 2.88. The Bertz CT molecular complexity index is 503. The predicted octanol–water partition coefficient (Wildman–Crippen LogP) is -0.0807. The normalized spacial score (nSPS) is 13.9. The van der Waals surface area contributed by atoms with Crippen molar-refractivity contribution in [2.24, 2.45) is 11.8 Å². The number of nitrogen functional groups attached to an aromatic ring is 1. The topological polar surface area (TPSA) is 134 Å². The lowest BCUT2D eigenvalue weighted by molar-refractivity contribution is -0.306. The number of nitrogens with zero attached hydrogens (tertiary/aromatic N) is 1. The van der Waals surface area contributed by atoms with Crippen LogP contribution in [0.4, 0.5) is 5.13 Å². The van der Waals surface area contributed by atoms with Crippen LogP contribution in [-0.2, 0) is 15.0 Å². The van der Waals surface area contributed by atoms with Crippen LogP contribution in [0.1, 0.15) is 45.2 Å². The maximum atomic E-state index is 12.3. The molecule has 1 heterocycles. The number of carbonyl (C=O) groups excluding carboxylic acids is 2. The molecule has 0 aliphatic heterocycles. The van der Waals surface area contributed by atoms with Gasteiger partial charge < -0.3 is 15.6 Å².